The van der Waals surface area contributed by atoms with Gasteiger partial charge in [-0.1, -0.05) is 18.2 Å². The number of fused-ring (bicyclic) bond motifs is 2. The number of anilines is 1. The van der Waals surface area contributed by atoms with Gasteiger partial charge in [-0.3, -0.25) is 4.79 Å². The van der Waals surface area contributed by atoms with Crippen molar-refractivity contribution in [3.05, 3.63) is 90.7 Å². The number of amides is 1. The van der Waals surface area contributed by atoms with Crippen LogP contribution in [0, 0.1) is 0 Å². The average Bonchev–Trinajstić information content (AvgIpc) is 3.22. The number of hydrogen-bond donors (Lipinski definition) is 1. The van der Waals surface area contributed by atoms with E-state index in [2.05, 4.69) is 10.3 Å². The molecule has 1 N–H and O–H groups in total. The Kier molecular flexibility index (Phi) is 4.72. The summed E-state index contributed by atoms with van der Waals surface area (Å²) in [5.74, 6) is 1.98. The third-order valence-corrected chi connectivity index (χ3v) is 4.83. The van der Waals surface area contributed by atoms with Crippen molar-refractivity contribution in [2.45, 2.75) is 0 Å². The fraction of sp³-hybridized carbons (Fsp3) is 0.0400. The topological polar surface area (TPSA) is 73.6 Å². The van der Waals surface area contributed by atoms with Crippen LogP contribution in [-0.4, -0.2) is 18.0 Å². The molecule has 152 valence electrons. The Morgan fingerprint density at radius 3 is 2.35 bits per heavy atom. The van der Waals surface area contributed by atoms with Crippen molar-refractivity contribution in [1.29, 1.82) is 0 Å². The molecule has 0 aliphatic rings. The van der Waals surface area contributed by atoms with E-state index in [0.29, 0.717) is 22.9 Å². The van der Waals surface area contributed by atoms with E-state index >= 15 is 0 Å². The number of hydrogen-bond acceptors (Lipinski definition) is 5. The van der Waals surface area contributed by atoms with Gasteiger partial charge in [-0.2, -0.15) is 0 Å². The molecule has 0 saturated carbocycles. The summed E-state index contributed by atoms with van der Waals surface area (Å²) in [4.78, 5) is 17.2. The maximum atomic E-state index is 12.7. The number of para-hydroxylation sites is 1. The van der Waals surface area contributed by atoms with Crippen molar-refractivity contribution in [2.75, 3.05) is 12.4 Å². The molecule has 1 amide bonds. The van der Waals surface area contributed by atoms with Crippen molar-refractivity contribution < 1.29 is 18.7 Å². The maximum Gasteiger partial charge on any atom is 0.291 e. The van der Waals surface area contributed by atoms with Gasteiger partial charge in [0.05, 0.1) is 12.6 Å². The number of carbonyl (C=O) groups excluding carboxylic acids is 1. The highest BCUT2D eigenvalue weighted by atomic mass is 16.5. The lowest BCUT2D eigenvalue weighted by molar-refractivity contribution is 0.0998. The second-order valence-electron chi connectivity index (χ2n) is 6.95. The van der Waals surface area contributed by atoms with E-state index in [1.165, 1.54) is 0 Å². The highest BCUT2D eigenvalue weighted by Gasteiger charge is 2.14. The molecule has 3 aromatic carbocycles. The number of aromatic nitrogens is 1. The molecule has 0 saturated heterocycles. The van der Waals surface area contributed by atoms with Gasteiger partial charge >= 0.3 is 0 Å². The summed E-state index contributed by atoms with van der Waals surface area (Å²) >= 11 is 0. The first-order valence-corrected chi connectivity index (χ1v) is 9.70. The Labute approximate surface area is 178 Å². The molecule has 0 radical (unpaired) electrons. The van der Waals surface area contributed by atoms with Crippen molar-refractivity contribution in [1.82, 2.24) is 4.98 Å². The van der Waals surface area contributed by atoms with Crippen LogP contribution >= 0.6 is 0 Å². The SMILES string of the molecule is COc1ccc2cc3cc(C(=O)Nc4ccc(Oc5ccccc5)cc4)oc3nc2c1. The molecule has 2 aromatic heterocycles. The van der Waals surface area contributed by atoms with Crippen LogP contribution < -0.4 is 14.8 Å². The van der Waals surface area contributed by atoms with E-state index in [1.54, 1.807) is 37.4 Å². The van der Waals surface area contributed by atoms with Gasteiger partial charge in [0, 0.05) is 22.5 Å². The van der Waals surface area contributed by atoms with E-state index in [0.717, 1.165) is 22.0 Å². The Bertz CT molecular complexity index is 1380. The predicted octanol–water partition coefficient (Wildman–Crippen LogP) is 6.03. The van der Waals surface area contributed by atoms with E-state index in [9.17, 15) is 4.79 Å². The Hall–Kier alpha value is -4.32. The summed E-state index contributed by atoms with van der Waals surface area (Å²) in [6, 6.07) is 25.9. The third-order valence-electron chi connectivity index (χ3n) is 4.83. The zero-order valence-corrected chi connectivity index (χ0v) is 16.7. The molecule has 0 unspecified atom stereocenters. The monoisotopic (exact) mass is 410 g/mol. The lowest BCUT2D eigenvalue weighted by atomic mass is 10.2. The Balaban J connectivity index is 1.34. The Morgan fingerprint density at radius 1 is 0.839 bits per heavy atom. The van der Waals surface area contributed by atoms with Gasteiger partial charge in [0.1, 0.15) is 17.2 Å². The summed E-state index contributed by atoms with van der Waals surface area (Å²) in [6.07, 6.45) is 0. The van der Waals surface area contributed by atoms with Crippen LogP contribution in [0.5, 0.6) is 17.2 Å². The summed E-state index contributed by atoms with van der Waals surface area (Å²) < 4.78 is 16.7. The molecule has 0 atom stereocenters. The summed E-state index contributed by atoms with van der Waals surface area (Å²) in [6.45, 7) is 0. The number of nitrogens with one attached hydrogen (secondary N) is 1. The molecule has 31 heavy (non-hydrogen) atoms. The molecule has 5 rings (SSSR count). The molecule has 0 spiro atoms. The molecule has 0 fully saturated rings. The fourth-order valence-electron chi connectivity index (χ4n) is 3.27. The van der Waals surface area contributed by atoms with Crippen LogP contribution in [0.4, 0.5) is 5.69 Å². The molecule has 6 heteroatoms. The van der Waals surface area contributed by atoms with E-state index < -0.39 is 0 Å². The number of ether oxygens (including phenoxy) is 2. The van der Waals surface area contributed by atoms with Crippen LogP contribution in [0.15, 0.2) is 89.3 Å². The van der Waals surface area contributed by atoms with E-state index in [1.807, 2.05) is 54.6 Å². The number of carbonyl (C=O) groups is 1. The molecular weight excluding hydrogens is 392 g/mol. The molecule has 0 aliphatic heterocycles. The van der Waals surface area contributed by atoms with Gasteiger partial charge in [-0.05, 0) is 60.7 Å². The minimum absolute atomic E-state index is 0.189. The van der Waals surface area contributed by atoms with Gasteiger partial charge in [-0.25, -0.2) is 4.98 Å². The average molecular weight is 410 g/mol. The molecule has 0 aliphatic carbocycles. The number of benzene rings is 3. The van der Waals surface area contributed by atoms with Crippen LogP contribution in [0.3, 0.4) is 0 Å². The largest absolute Gasteiger partial charge is 0.497 e. The smallest absolute Gasteiger partial charge is 0.291 e. The van der Waals surface area contributed by atoms with E-state index in [4.69, 9.17) is 13.9 Å². The lowest BCUT2D eigenvalue weighted by Crippen LogP contribution is -2.10. The van der Waals surface area contributed by atoms with E-state index in [-0.39, 0.29) is 11.7 Å². The van der Waals surface area contributed by atoms with Crippen LogP contribution in [0.1, 0.15) is 10.6 Å². The van der Waals surface area contributed by atoms with Crippen molar-refractivity contribution in [3.8, 4) is 17.2 Å². The normalized spacial score (nSPS) is 10.9. The van der Waals surface area contributed by atoms with Crippen LogP contribution in [0.2, 0.25) is 0 Å². The highest BCUT2D eigenvalue weighted by molar-refractivity contribution is 6.05. The van der Waals surface area contributed by atoms with Crippen molar-refractivity contribution in [2.24, 2.45) is 0 Å². The summed E-state index contributed by atoms with van der Waals surface area (Å²) in [7, 11) is 1.61. The molecule has 5 aromatic rings. The maximum absolute atomic E-state index is 12.7. The van der Waals surface area contributed by atoms with Crippen LogP contribution in [0.25, 0.3) is 22.0 Å². The van der Waals surface area contributed by atoms with Gasteiger partial charge in [0.15, 0.2) is 5.76 Å². The van der Waals surface area contributed by atoms with Crippen molar-refractivity contribution >= 4 is 33.6 Å². The van der Waals surface area contributed by atoms with Gasteiger partial charge in [0.25, 0.3) is 5.91 Å². The fourth-order valence-corrected chi connectivity index (χ4v) is 3.27. The molecule has 0 bridgehead atoms. The highest BCUT2D eigenvalue weighted by Crippen LogP contribution is 2.27. The van der Waals surface area contributed by atoms with Crippen molar-refractivity contribution in [3.63, 3.8) is 0 Å². The van der Waals surface area contributed by atoms with Crippen LogP contribution in [-0.2, 0) is 0 Å². The first-order chi connectivity index (χ1) is 15.2. The van der Waals surface area contributed by atoms with Gasteiger partial charge < -0.3 is 19.2 Å². The minimum atomic E-state index is -0.351. The van der Waals surface area contributed by atoms with Gasteiger partial charge in [0.2, 0.25) is 5.71 Å². The number of methoxy groups -OCH3 is 1. The summed E-state index contributed by atoms with van der Waals surface area (Å²) in [5.41, 5.74) is 1.77. The first-order valence-electron chi connectivity index (χ1n) is 9.70. The zero-order valence-electron chi connectivity index (χ0n) is 16.7. The number of nitrogens with zero attached hydrogens (tertiary/aromatic N) is 1. The standard InChI is InChI=1S/C25H18N2O4/c1-29-21-10-7-16-13-17-14-23(31-25(17)27-22(16)15-21)24(28)26-18-8-11-20(12-9-18)30-19-5-3-2-4-6-19/h2-15H,1H3,(H,26,28). The molecular formula is C25H18N2O4. The number of rotatable bonds is 5. The predicted molar refractivity (Wildman–Crippen MR) is 119 cm³/mol. The third kappa shape index (κ3) is 3.91. The quantitative estimate of drug-likeness (QED) is 0.383. The second-order valence-corrected chi connectivity index (χ2v) is 6.95. The second kappa shape index (κ2) is 7.84. The molecule has 2 heterocycles. The number of furan rings is 1. The number of pyridine rings is 1. The van der Waals surface area contributed by atoms with Gasteiger partial charge in [-0.15, -0.1) is 0 Å². The lowest BCUT2D eigenvalue weighted by Gasteiger charge is -2.07. The molecule has 6 nitrogen and oxygen atoms in total. The minimum Gasteiger partial charge on any atom is -0.497 e. The Morgan fingerprint density at radius 2 is 1.58 bits per heavy atom. The first kappa shape index (κ1) is 18.7. The summed E-state index contributed by atoms with van der Waals surface area (Å²) in [5, 5.41) is 4.53. The zero-order chi connectivity index (χ0) is 21.2.